The number of benzene rings is 1. The van der Waals surface area contributed by atoms with Crippen molar-refractivity contribution in [2.45, 2.75) is 24.3 Å². The zero-order chi connectivity index (χ0) is 14.5. The van der Waals surface area contributed by atoms with Crippen molar-refractivity contribution in [3.63, 3.8) is 0 Å². The zero-order valence-electron chi connectivity index (χ0n) is 10.3. The molecule has 0 fully saturated rings. The number of alkyl halides is 2. The van der Waals surface area contributed by atoms with Gasteiger partial charge in [0.1, 0.15) is 12.4 Å². The van der Waals surface area contributed by atoms with Gasteiger partial charge in [-0.15, -0.1) is 0 Å². The van der Waals surface area contributed by atoms with Gasteiger partial charge in [-0.25, -0.2) is 21.9 Å². The van der Waals surface area contributed by atoms with Crippen LogP contribution in [0.2, 0.25) is 0 Å². The van der Waals surface area contributed by atoms with Crippen molar-refractivity contribution in [3.8, 4) is 5.75 Å². The lowest BCUT2D eigenvalue weighted by Crippen LogP contribution is -2.37. The van der Waals surface area contributed by atoms with Crippen LogP contribution in [0.5, 0.6) is 5.75 Å². The molecule has 19 heavy (non-hydrogen) atoms. The molecule has 0 bridgehead atoms. The van der Waals surface area contributed by atoms with E-state index in [1.807, 2.05) is 0 Å². The summed E-state index contributed by atoms with van der Waals surface area (Å²) in [7, 11) is -3.65. The number of hydrogen-bond acceptors (Lipinski definition) is 4. The van der Waals surface area contributed by atoms with E-state index in [1.54, 1.807) is 6.92 Å². The fourth-order valence-electron chi connectivity index (χ4n) is 1.26. The lowest BCUT2D eigenvalue weighted by Gasteiger charge is -2.12. The highest BCUT2D eigenvalue weighted by Gasteiger charge is 2.16. The Labute approximate surface area is 110 Å². The van der Waals surface area contributed by atoms with Crippen LogP contribution in [-0.4, -0.2) is 34.0 Å². The Bertz CT molecular complexity index is 491. The topological polar surface area (TPSA) is 81.4 Å². The minimum Gasteiger partial charge on any atom is -0.488 e. The molecular weight excluding hydrogens is 278 g/mol. The van der Waals surface area contributed by atoms with Gasteiger partial charge in [-0.05, 0) is 31.2 Å². The van der Waals surface area contributed by atoms with E-state index in [9.17, 15) is 17.2 Å². The van der Waals surface area contributed by atoms with Crippen molar-refractivity contribution in [2.75, 3.05) is 13.2 Å². The van der Waals surface area contributed by atoms with Crippen molar-refractivity contribution >= 4 is 10.0 Å². The van der Waals surface area contributed by atoms with Crippen LogP contribution >= 0.6 is 0 Å². The van der Waals surface area contributed by atoms with Gasteiger partial charge in [-0.1, -0.05) is 0 Å². The number of sulfonamides is 1. The number of nitrogens with one attached hydrogen (secondary N) is 1. The maximum absolute atomic E-state index is 11.9. The first-order valence-electron chi connectivity index (χ1n) is 5.58. The third-order valence-corrected chi connectivity index (χ3v) is 3.83. The third-order valence-electron chi connectivity index (χ3n) is 2.22. The maximum atomic E-state index is 11.9. The standard InChI is InChI=1S/C11H16F2N2O3S/c1-8(6-14)15-19(16,17)10-4-2-9(3-5-10)18-7-11(12)13/h2-5,8,11,15H,6-7,14H2,1H3/t8-/m0/s1. The first-order chi connectivity index (χ1) is 8.85. The molecule has 0 saturated heterocycles. The van der Waals surface area contributed by atoms with E-state index in [2.05, 4.69) is 4.72 Å². The van der Waals surface area contributed by atoms with Crippen LogP contribution in [0.15, 0.2) is 29.2 Å². The molecule has 1 aromatic rings. The second-order valence-corrected chi connectivity index (χ2v) is 5.65. The van der Waals surface area contributed by atoms with Crippen LogP contribution in [-0.2, 0) is 10.0 Å². The van der Waals surface area contributed by atoms with Gasteiger partial charge in [-0.3, -0.25) is 0 Å². The molecule has 1 atom stereocenters. The maximum Gasteiger partial charge on any atom is 0.272 e. The van der Waals surface area contributed by atoms with Gasteiger partial charge in [0.2, 0.25) is 10.0 Å². The van der Waals surface area contributed by atoms with Crippen LogP contribution in [0.25, 0.3) is 0 Å². The predicted molar refractivity (Wildman–Crippen MR) is 66.8 cm³/mol. The molecule has 0 radical (unpaired) electrons. The fraction of sp³-hybridized carbons (Fsp3) is 0.455. The van der Waals surface area contributed by atoms with Crippen LogP contribution in [0, 0.1) is 0 Å². The summed E-state index contributed by atoms with van der Waals surface area (Å²) in [4.78, 5) is 0.0252. The zero-order valence-corrected chi connectivity index (χ0v) is 11.2. The largest absolute Gasteiger partial charge is 0.488 e. The second kappa shape index (κ2) is 6.78. The van der Waals surface area contributed by atoms with Gasteiger partial charge in [0.15, 0.2) is 0 Å². The van der Waals surface area contributed by atoms with Crippen LogP contribution in [0.1, 0.15) is 6.92 Å². The van der Waals surface area contributed by atoms with E-state index in [0.29, 0.717) is 0 Å². The number of ether oxygens (including phenoxy) is 1. The van der Waals surface area contributed by atoms with Crippen molar-refractivity contribution in [1.29, 1.82) is 0 Å². The predicted octanol–water partition coefficient (Wildman–Crippen LogP) is 0.956. The molecule has 8 heteroatoms. The smallest absolute Gasteiger partial charge is 0.272 e. The Morgan fingerprint density at radius 2 is 1.89 bits per heavy atom. The summed E-state index contributed by atoms with van der Waals surface area (Å²) in [5, 5.41) is 0. The van der Waals surface area contributed by atoms with Crippen molar-refractivity contribution < 1.29 is 21.9 Å². The van der Waals surface area contributed by atoms with E-state index in [-0.39, 0.29) is 23.2 Å². The molecule has 0 aliphatic rings. The minimum absolute atomic E-state index is 0.0252. The first kappa shape index (κ1) is 15.8. The quantitative estimate of drug-likeness (QED) is 0.784. The van der Waals surface area contributed by atoms with Gasteiger partial charge in [0.25, 0.3) is 6.43 Å². The Kier molecular flexibility index (Phi) is 5.64. The summed E-state index contributed by atoms with van der Waals surface area (Å²) in [6.07, 6.45) is -2.57. The molecule has 3 N–H and O–H groups in total. The third kappa shape index (κ3) is 5.09. The molecule has 0 heterocycles. The molecule has 0 amide bonds. The fourth-order valence-corrected chi connectivity index (χ4v) is 2.51. The molecule has 0 aliphatic heterocycles. The van der Waals surface area contributed by atoms with Crippen LogP contribution in [0.3, 0.4) is 0 Å². The first-order valence-corrected chi connectivity index (χ1v) is 7.07. The Morgan fingerprint density at radius 1 is 1.32 bits per heavy atom. The summed E-state index contributed by atoms with van der Waals surface area (Å²) in [6, 6.07) is 4.83. The normalized spacial score (nSPS) is 13.5. The molecule has 5 nitrogen and oxygen atoms in total. The van der Waals surface area contributed by atoms with Crippen molar-refractivity contribution in [2.24, 2.45) is 5.73 Å². The monoisotopic (exact) mass is 294 g/mol. The molecule has 0 aromatic heterocycles. The van der Waals surface area contributed by atoms with Crippen molar-refractivity contribution in [3.05, 3.63) is 24.3 Å². The highest BCUT2D eigenvalue weighted by Crippen LogP contribution is 2.16. The number of hydrogen-bond donors (Lipinski definition) is 2. The second-order valence-electron chi connectivity index (χ2n) is 3.93. The van der Waals surface area contributed by atoms with Gasteiger partial charge in [0.05, 0.1) is 4.90 Å². The molecule has 108 valence electrons. The van der Waals surface area contributed by atoms with Crippen LogP contribution < -0.4 is 15.2 Å². The Balaban J connectivity index is 2.75. The summed E-state index contributed by atoms with van der Waals surface area (Å²) in [5.41, 5.74) is 5.33. The van der Waals surface area contributed by atoms with E-state index in [1.165, 1.54) is 24.3 Å². The Hall–Kier alpha value is -1.25. The molecule has 1 rings (SSSR count). The number of rotatable bonds is 7. The Morgan fingerprint density at radius 3 is 2.37 bits per heavy atom. The highest BCUT2D eigenvalue weighted by molar-refractivity contribution is 7.89. The lowest BCUT2D eigenvalue weighted by atomic mass is 10.3. The van der Waals surface area contributed by atoms with Crippen LogP contribution in [0.4, 0.5) is 8.78 Å². The van der Waals surface area contributed by atoms with Gasteiger partial charge < -0.3 is 10.5 Å². The number of nitrogens with two attached hydrogens (primary N) is 1. The van der Waals surface area contributed by atoms with Gasteiger partial charge in [0, 0.05) is 12.6 Å². The van der Waals surface area contributed by atoms with Gasteiger partial charge >= 0.3 is 0 Å². The highest BCUT2D eigenvalue weighted by atomic mass is 32.2. The number of halogens is 2. The molecule has 0 unspecified atom stereocenters. The molecule has 1 aromatic carbocycles. The van der Waals surface area contributed by atoms with E-state index in [4.69, 9.17) is 10.5 Å². The van der Waals surface area contributed by atoms with E-state index < -0.39 is 23.1 Å². The summed E-state index contributed by atoms with van der Waals surface area (Å²) < 4.78 is 54.7. The molecule has 0 spiro atoms. The van der Waals surface area contributed by atoms with Gasteiger partial charge in [-0.2, -0.15) is 0 Å². The molecular formula is C11H16F2N2O3S. The summed E-state index contributed by atoms with van der Waals surface area (Å²) in [5.74, 6) is 0.186. The molecule has 0 aliphatic carbocycles. The average molecular weight is 294 g/mol. The SMILES string of the molecule is C[C@@H](CN)NS(=O)(=O)c1ccc(OCC(F)F)cc1. The average Bonchev–Trinajstić information content (AvgIpc) is 2.36. The summed E-state index contributed by atoms with van der Waals surface area (Å²) in [6.45, 7) is 1.08. The van der Waals surface area contributed by atoms with Crippen molar-refractivity contribution in [1.82, 2.24) is 4.72 Å². The molecule has 0 saturated carbocycles. The lowest BCUT2D eigenvalue weighted by molar-refractivity contribution is 0.0819. The summed E-state index contributed by atoms with van der Waals surface area (Å²) >= 11 is 0. The minimum atomic E-state index is -3.65. The van der Waals surface area contributed by atoms with E-state index >= 15 is 0 Å². The van der Waals surface area contributed by atoms with E-state index in [0.717, 1.165) is 0 Å².